The Hall–Kier alpha value is -1.98. The third-order valence-electron chi connectivity index (χ3n) is 4.14. The van der Waals surface area contributed by atoms with Crippen LogP contribution in [0.4, 0.5) is 5.69 Å². The van der Waals surface area contributed by atoms with E-state index in [0.29, 0.717) is 31.7 Å². The van der Waals surface area contributed by atoms with Crippen molar-refractivity contribution in [3.63, 3.8) is 0 Å². The summed E-state index contributed by atoms with van der Waals surface area (Å²) in [5.41, 5.74) is 2.32. The normalized spacial score (nSPS) is 17.4. The van der Waals surface area contributed by atoms with Gasteiger partial charge in [0.2, 0.25) is 0 Å². The van der Waals surface area contributed by atoms with E-state index in [1.165, 1.54) is 0 Å². The van der Waals surface area contributed by atoms with E-state index in [4.69, 9.17) is 4.74 Å². The van der Waals surface area contributed by atoms with E-state index >= 15 is 0 Å². The van der Waals surface area contributed by atoms with Gasteiger partial charge in [0.05, 0.1) is 5.52 Å². The molecule has 0 unspecified atom stereocenters. The Kier molecular flexibility index (Phi) is 3.85. The minimum absolute atomic E-state index is 0.326. The molecular weight excluding hydrogens is 280 g/mol. The second kappa shape index (κ2) is 5.66. The van der Waals surface area contributed by atoms with Crippen molar-refractivity contribution in [2.45, 2.75) is 32.3 Å². The Bertz CT molecular complexity index is 721. The van der Waals surface area contributed by atoms with Crippen LogP contribution in [0.5, 0.6) is 0 Å². The molecule has 1 aliphatic heterocycles. The quantitative estimate of drug-likeness (QED) is 0.893. The number of carbonyl (C=O) groups is 1. The zero-order chi connectivity index (χ0) is 15.7. The number of carbonyl (C=O) groups excluding carboxylic acids is 1. The first-order valence-corrected chi connectivity index (χ1v) is 7.47. The van der Waals surface area contributed by atoms with E-state index in [0.717, 1.165) is 22.2 Å². The van der Waals surface area contributed by atoms with Crippen molar-refractivity contribution >= 4 is 22.5 Å². The molecule has 22 heavy (non-hydrogen) atoms. The molecule has 1 aromatic heterocycles. The highest BCUT2D eigenvalue weighted by Gasteiger charge is 2.37. The van der Waals surface area contributed by atoms with Gasteiger partial charge < -0.3 is 15.2 Å². The molecule has 5 nitrogen and oxygen atoms in total. The van der Waals surface area contributed by atoms with Gasteiger partial charge in [-0.25, -0.2) is 0 Å². The number of aromatic nitrogens is 1. The molecule has 1 saturated heterocycles. The van der Waals surface area contributed by atoms with Crippen LogP contribution in [0.1, 0.15) is 24.1 Å². The zero-order valence-corrected chi connectivity index (χ0v) is 12.8. The van der Waals surface area contributed by atoms with Crippen LogP contribution < -0.4 is 5.32 Å². The van der Waals surface area contributed by atoms with Gasteiger partial charge in [0.25, 0.3) is 5.91 Å². The fourth-order valence-corrected chi connectivity index (χ4v) is 2.82. The monoisotopic (exact) mass is 300 g/mol. The maximum atomic E-state index is 12.3. The number of benzene rings is 1. The first-order chi connectivity index (χ1) is 10.5. The van der Waals surface area contributed by atoms with Gasteiger partial charge in [-0.1, -0.05) is 0 Å². The summed E-state index contributed by atoms with van der Waals surface area (Å²) in [5, 5.41) is 14.2. The lowest BCUT2D eigenvalue weighted by Gasteiger charge is -2.30. The predicted molar refractivity (Wildman–Crippen MR) is 84.8 cm³/mol. The van der Waals surface area contributed by atoms with Crippen LogP contribution in [0.2, 0.25) is 0 Å². The topological polar surface area (TPSA) is 71.5 Å². The zero-order valence-electron chi connectivity index (χ0n) is 12.8. The molecular formula is C17H20N2O3. The van der Waals surface area contributed by atoms with Crippen LogP contribution in [0.15, 0.2) is 24.3 Å². The van der Waals surface area contributed by atoms with Crippen molar-refractivity contribution in [1.82, 2.24) is 4.98 Å². The number of fused-ring (bicyclic) bond motifs is 1. The second-order valence-corrected chi connectivity index (χ2v) is 5.91. The van der Waals surface area contributed by atoms with E-state index in [2.05, 4.69) is 10.3 Å². The number of hydrogen-bond acceptors (Lipinski definition) is 4. The van der Waals surface area contributed by atoms with Crippen LogP contribution >= 0.6 is 0 Å². The summed E-state index contributed by atoms with van der Waals surface area (Å²) in [4.78, 5) is 16.8. The van der Waals surface area contributed by atoms with Gasteiger partial charge in [0.1, 0.15) is 5.60 Å². The van der Waals surface area contributed by atoms with Crippen LogP contribution in [-0.4, -0.2) is 34.8 Å². The lowest BCUT2D eigenvalue weighted by Crippen LogP contribution is -2.47. The summed E-state index contributed by atoms with van der Waals surface area (Å²) in [5.74, 6) is -0.368. The highest BCUT2D eigenvalue weighted by atomic mass is 16.5. The third kappa shape index (κ3) is 2.82. The van der Waals surface area contributed by atoms with E-state index in [9.17, 15) is 9.90 Å². The SMILES string of the molecule is Cc1cc(C)c2cc(NC(=O)C3(O)CCOCC3)ccc2n1. The molecule has 0 atom stereocenters. The summed E-state index contributed by atoms with van der Waals surface area (Å²) in [6.45, 7) is 4.80. The maximum absolute atomic E-state index is 12.3. The van der Waals surface area contributed by atoms with Crippen LogP contribution in [-0.2, 0) is 9.53 Å². The fourth-order valence-electron chi connectivity index (χ4n) is 2.82. The Morgan fingerprint density at radius 3 is 2.73 bits per heavy atom. The Morgan fingerprint density at radius 2 is 2.00 bits per heavy atom. The fraction of sp³-hybridized carbons (Fsp3) is 0.412. The van der Waals surface area contributed by atoms with Gasteiger partial charge in [-0.05, 0) is 43.7 Å². The number of rotatable bonds is 2. The van der Waals surface area contributed by atoms with E-state index in [1.54, 1.807) is 0 Å². The van der Waals surface area contributed by atoms with Gasteiger partial charge in [0.15, 0.2) is 0 Å². The molecule has 2 heterocycles. The van der Waals surface area contributed by atoms with Crippen LogP contribution in [0.3, 0.4) is 0 Å². The molecule has 0 radical (unpaired) electrons. The van der Waals surface area contributed by atoms with Crippen molar-refractivity contribution in [2.75, 3.05) is 18.5 Å². The second-order valence-electron chi connectivity index (χ2n) is 5.91. The summed E-state index contributed by atoms with van der Waals surface area (Å²) in [6.07, 6.45) is 0.651. The molecule has 1 amide bonds. The Balaban J connectivity index is 1.86. The highest BCUT2D eigenvalue weighted by molar-refractivity contribution is 5.99. The lowest BCUT2D eigenvalue weighted by molar-refractivity contribution is -0.143. The van der Waals surface area contributed by atoms with Crippen LogP contribution in [0.25, 0.3) is 10.9 Å². The van der Waals surface area contributed by atoms with Crippen molar-refractivity contribution < 1.29 is 14.6 Å². The molecule has 1 aliphatic rings. The number of amides is 1. The predicted octanol–water partition coefficient (Wildman–Crippen LogP) is 2.33. The first-order valence-electron chi connectivity index (χ1n) is 7.47. The molecule has 0 bridgehead atoms. The summed E-state index contributed by atoms with van der Waals surface area (Å²) in [6, 6.07) is 7.62. The standard InChI is InChI=1S/C17H20N2O3/c1-11-9-12(2)18-15-4-3-13(10-14(11)15)19-16(20)17(21)5-7-22-8-6-17/h3-4,9-10,21H,5-8H2,1-2H3,(H,19,20). The average molecular weight is 300 g/mol. The summed E-state index contributed by atoms with van der Waals surface area (Å²) in [7, 11) is 0. The minimum atomic E-state index is -1.34. The molecule has 116 valence electrons. The number of nitrogens with zero attached hydrogens (tertiary/aromatic N) is 1. The molecule has 2 N–H and O–H groups in total. The molecule has 0 aliphatic carbocycles. The van der Waals surface area contributed by atoms with E-state index in [1.807, 2.05) is 38.1 Å². The van der Waals surface area contributed by atoms with Gasteiger partial charge in [-0.3, -0.25) is 9.78 Å². The third-order valence-corrected chi connectivity index (χ3v) is 4.14. The van der Waals surface area contributed by atoms with Gasteiger partial charge >= 0.3 is 0 Å². The van der Waals surface area contributed by atoms with Gasteiger partial charge in [-0.2, -0.15) is 0 Å². The van der Waals surface area contributed by atoms with Gasteiger partial charge in [-0.15, -0.1) is 0 Å². The summed E-state index contributed by atoms with van der Waals surface area (Å²) >= 11 is 0. The summed E-state index contributed by atoms with van der Waals surface area (Å²) < 4.78 is 5.20. The Labute approximate surface area is 129 Å². The van der Waals surface area contributed by atoms with Crippen molar-refractivity contribution in [3.05, 3.63) is 35.5 Å². The number of anilines is 1. The molecule has 0 saturated carbocycles. The number of aliphatic hydroxyl groups is 1. The number of nitrogens with one attached hydrogen (secondary N) is 1. The molecule has 0 spiro atoms. The lowest BCUT2D eigenvalue weighted by atomic mass is 9.93. The first kappa shape index (κ1) is 14.9. The molecule has 3 rings (SSSR count). The molecule has 1 fully saturated rings. The van der Waals surface area contributed by atoms with Crippen molar-refractivity contribution in [2.24, 2.45) is 0 Å². The Morgan fingerprint density at radius 1 is 1.27 bits per heavy atom. The highest BCUT2D eigenvalue weighted by Crippen LogP contribution is 2.25. The molecule has 1 aromatic carbocycles. The molecule has 5 heteroatoms. The van der Waals surface area contributed by atoms with Crippen molar-refractivity contribution in [3.8, 4) is 0 Å². The average Bonchev–Trinajstić information content (AvgIpc) is 2.48. The van der Waals surface area contributed by atoms with Gasteiger partial charge in [0, 0.05) is 42.8 Å². The van der Waals surface area contributed by atoms with E-state index in [-0.39, 0.29) is 5.91 Å². The van der Waals surface area contributed by atoms with Crippen molar-refractivity contribution in [1.29, 1.82) is 0 Å². The minimum Gasteiger partial charge on any atom is -0.381 e. The number of aryl methyl sites for hydroxylation is 2. The smallest absolute Gasteiger partial charge is 0.256 e. The molecule has 2 aromatic rings. The number of ether oxygens (including phenoxy) is 1. The van der Waals surface area contributed by atoms with E-state index < -0.39 is 5.60 Å². The largest absolute Gasteiger partial charge is 0.381 e. The van der Waals surface area contributed by atoms with Crippen LogP contribution in [0, 0.1) is 13.8 Å². The number of pyridine rings is 1. The number of hydrogen-bond donors (Lipinski definition) is 2. The maximum Gasteiger partial charge on any atom is 0.256 e.